The van der Waals surface area contributed by atoms with Crippen molar-refractivity contribution in [2.45, 2.75) is 26.9 Å². The van der Waals surface area contributed by atoms with Gasteiger partial charge in [-0.25, -0.2) is 4.99 Å². The van der Waals surface area contributed by atoms with E-state index in [-0.39, 0.29) is 5.78 Å². The summed E-state index contributed by atoms with van der Waals surface area (Å²) < 4.78 is 7.04. The number of nitrogens with zero attached hydrogens (tertiary/aromatic N) is 3. The highest BCUT2D eigenvalue weighted by Gasteiger charge is 2.25. The number of nitriles is 1. The molecule has 0 heterocycles. The second-order valence-electron chi connectivity index (χ2n) is 6.31. The van der Waals surface area contributed by atoms with Crippen molar-refractivity contribution in [3.63, 3.8) is 0 Å². The average molecular weight is 507 g/mol. The fraction of sp³-hybridized carbons (Fsp3) is 0.286. The lowest BCUT2D eigenvalue weighted by atomic mass is 9.98. The minimum absolute atomic E-state index is 0.382. The molecule has 0 aliphatic carbocycles. The highest BCUT2D eigenvalue weighted by atomic mass is 79.9. The molecule has 2 aromatic rings. The van der Waals surface area contributed by atoms with Gasteiger partial charge in [0.15, 0.2) is 0 Å². The third kappa shape index (κ3) is 5.21. The summed E-state index contributed by atoms with van der Waals surface area (Å²) in [6, 6.07) is 11.0. The number of hydrogen-bond donors (Lipinski definition) is 0. The Morgan fingerprint density at radius 2 is 1.93 bits per heavy atom. The van der Waals surface area contributed by atoms with E-state index in [0.717, 1.165) is 23.4 Å². The van der Waals surface area contributed by atoms with Gasteiger partial charge in [-0.05, 0) is 88.0 Å². The number of carbonyl (C=O) groups is 1. The van der Waals surface area contributed by atoms with E-state index in [1.54, 1.807) is 24.5 Å². The van der Waals surface area contributed by atoms with E-state index in [4.69, 9.17) is 4.74 Å². The maximum Gasteiger partial charge on any atom is 0.246 e. The maximum atomic E-state index is 13.0. The number of ether oxygens (including phenoxy) is 1. The molecular weight excluding hydrogens is 486 g/mol. The first-order chi connectivity index (χ1) is 13.3. The molecule has 0 saturated carbocycles. The largest absolute Gasteiger partial charge is 0.465 e. The second kappa shape index (κ2) is 9.85. The van der Waals surface area contributed by atoms with E-state index < -0.39 is 6.10 Å². The molecule has 1 unspecified atom stereocenters. The van der Waals surface area contributed by atoms with Crippen LogP contribution in [0.5, 0.6) is 5.75 Å². The summed E-state index contributed by atoms with van der Waals surface area (Å²) in [5.74, 6) is 0.0348. The molecule has 0 aliphatic rings. The lowest BCUT2D eigenvalue weighted by Crippen LogP contribution is -2.26. The smallest absolute Gasteiger partial charge is 0.246 e. The van der Waals surface area contributed by atoms with Crippen LogP contribution in [0.3, 0.4) is 0 Å². The van der Waals surface area contributed by atoms with Crippen LogP contribution in [0.4, 0.5) is 5.69 Å². The van der Waals surface area contributed by atoms with Crippen molar-refractivity contribution in [2.24, 2.45) is 4.99 Å². The van der Waals surface area contributed by atoms with Crippen LogP contribution >= 0.6 is 31.9 Å². The van der Waals surface area contributed by atoms with Crippen LogP contribution in [0.25, 0.3) is 0 Å². The van der Waals surface area contributed by atoms with E-state index in [1.807, 2.05) is 50.9 Å². The molecular formula is C21H21Br2N3O2. The molecule has 7 heteroatoms. The predicted molar refractivity (Wildman–Crippen MR) is 119 cm³/mol. The fourth-order valence-corrected chi connectivity index (χ4v) is 3.63. The number of rotatable bonds is 7. The summed E-state index contributed by atoms with van der Waals surface area (Å²) in [6.07, 6.45) is 0.503. The van der Waals surface area contributed by atoms with E-state index in [0.29, 0.717) is 20.3 Å². The lowest BCUT2D eigenvalue weighted by molar-refractivity contribution is 0.0857. The molecule has 2 rings (SSSR count). The number of benzene rings is 2. The first-order valence-corrected chi connectivity index (χ1v) is 10.3. The Kier molecular flexibility index (Phi) is 7.78. The standard InChI is InChI=1S/C21H21Br2N3O2/c1-5-26(4)12-25-18-10-13(2)15(9-14(18)3)20(27)19(11-24)28-21-16(22)7-6-8-17(21)23/h6-10,12,19H,5H2,1-4H3. The van der Waals surface area contributed by atoms with Crippen molar-refractivity contribution >= 4 is 49.7 Å². The van der Waals surface area contributed by atoms with Gasteiger partial charge in [-0.1, -0.05) is 6.07 Å². The zero-order valence-electron chi connectivity index (χ0n) is 16.2. The van der Waals surface area contributed by atoms with Crippen LogP contribution in [0.1, 0.15) is 28.4 Å². The van der Waals surface area contributed by atoms with E-state index in [1.165, 1.54) is 0 Å². The summed E-state index contributed by atoms with van der Waals surface area (Å²) in [5.41, 5.74) is 2.85. The molecule has 5 nitrogen and oxygen atoms in total. The van der Waals surface area contributed by atoms with Gasteiger partial charge in [0.2, 0.25) is 11.9 Å². The van der Waals surface area contributed by atoms with Gasteiger partial charge >= 0.3 is 0 Å². The first-order valence-electron chi connectivity index (χ1n) is 8.68. The van der Waals surface area contributed by atoms with Gasteiger partial charge < -0.3 is 9.64 Å². The summed E-state index contributed by atoms with van der Waals surface area (Å²) in [4.78, 5) is 19.4. The molecule has 0 bridgehead atoms. The minimum atomic E-state index is -1.26. The molecule has 0 spiro atoms. The number of hydrogen-bond acceptors (Lipinski definition) is 4. The lowest BCUT2D eigenvalue weighted by Gasteiger charge is -2.16. The quantitative estimate of drug-likeness (QED) is 0.278. The van der Waals surface area contributed by atoms with Gasteiger partial charge in [-0.2, -0.15) is 5.26 Å². The van der Waals surface area contributed by atoms with Crippen LogP contribution < -0.4 is 4.74 Å². The Balaban J connectivity index is 2.33. The van der Waals surface area contributed by atoms with Crippen molar-refractivity contribution in [1.82, 2.24) is 4.90 Å². The average Bonchev–Trinajstić information content (AvgIpc) is 2.67. The Bertz CT molecular complexity index is 931. The third-order valence-electron chi connectivity index (χ3n) is 4.21. The molecule has 0 radical (unpaired) electrons. The molecule has 2 aromatic carbocycles. The molecule has 0 amide bonds. The van der Waals surface area contributed by atoms with Gasteiger partial charge in [-0.3, -0.25) is 4.79 Å². The molecule has 28 heavy (non-hydrogen) atoms. The van der Waals surface area contributed by atoms with Crippen molar-refractivity contribution in [3.8, 4) is 11.8 Å². The molecule has 0 N–H and O–H groups in total. The monoisotopic (exact) mass is 505 g/mol. The number of halogens is 2. The number of carbonyl (C=O) groups excluding carboxylic acids is 1. The highest BCUT2D eigenvalue weighted by molar-refractivity contribution is 9.11. The number of aryl methyl sites for hydroxylation is 2. The topological polar surface area (TPSA) is 65.7 Å². The van der Waals surface area contributed by atoms with Gasteiger partial charge in [0, 0.05) is 19.2 Å². The molecule has 0 aromatic heterocycles. The molecule has 1 atom stereocenters. The van der Waals surface area contributed by atoms with Crippen LogP contribution in [0, 0.1) is 25.2 Å². The Labute approximate surface area is 182 Å². The van der Waals surface area contributed by atoms with Gasteiger partial charge in [0.05, 0.1) is 21.0 Å². The summed E-state index contributed by atoms with van der Waals surface area (Å²) in [5, 5.41) is 9.53. The maximum absolute atomic E-state index is 13.0. The zero-order chi connectivity index (χ0) is 20.8. The summed E-state index contributed by atoms with van der Waals surface area (Å²) in [7, 11) is 1.94. The normalized spacial score (nSPS) is 11.9. The highest BCUT2D eigenvalue weighted by Crippen LogP contribution is 2.34. The second-order valence-corrected chi connectivity index (χ2v) is 8.02. The van der Waals surface area contributed by atoms with Crippen LogP contribution in [-0.4, -0.2) is 36.7 Å². The van der Waals surface area contributed by atoms with Crippen molar-refractivity contribution in [1.29, 1.82) is 5.26 Å². The molecule has 146 valence electrons. The Hall–Kier alpha value is -2.17. The van der Waals surface area contributed by atoms with Gasteiger partial charge in [0.1, 0.15) is 11.8 Å². The van der Waals surface area contributed by atoms with Gasteiger partial charge in [0.25, 0.3) is 0 Å². The zero-order valence-corrected chi connectivity index (χ0v) is 19.3. The van der Waals surface area contributed by atoms with Crippen LogP contribution in [-0.2, 0) is 0 Å². The number of Topliss-reactive ketones (excluding diaryl/α,β-unsaturated/α-hetero) is 1. The minimum Gasteiger partial charge on any atom is -0.465 e. The van der Waals surface area contributed by atoms with Crippen LogP contribution in [0.15, 0.2) is 44.3 Å². The summed E-state index contributed by atoms with van der Waals surface area (Å²) in [6.45, 7) is 6.61. The van der Waals surface area contributed by atoms with Crippen molar-refractivity contribution in [3.05, 3.63) is 56.0 Å². The first kappa shape index (κ1) is 22.1. The number of ketones is 1. The fourth-order valence-electron chi connectivity index (χ4n) is 2.44. The van der Waals surface area contributed by atoms with Crippen molar-refractivity contribution < 1.29 is 9.53 Å². The predicted octanol–water partition coefficient (Wildman–Crippen LogP) is 5.59. The SMILES string of the molecule is CCN(C)C=Nc1cc(C)c(C(=O)C(C#N)Oc2c(Br)cccc2Br)cc1C. The van der Waals surface area contributed by atoms with E-state index >= 15 is 0 Å². The van der Waals surface area contributed by atoms with Crippen LogP contribution in [0.2, 0.25) is 0 Å². The van der Waals surface area contributed by atoms with Gasteiger partial charge in [-0.15, -0.1) is 0 Å². The number of para-hydroxylation sites is 1. The molecule has 0 fully saturated rings. The van der Waals surface area contributed by atoms with E-state index in [2.05, 4.69) is 36.9 Å². The third-order valence-corrected chi connectivity index (χ3v) is 5.46. The summed E-state index contributed by atoms with van der Waals surface area (Å²) >= 11 is 6.77. The van der Waals surface area contributed by atoms with Crippen molar-refractivity contribution in [2.75, 3.05) is 13.6 Å². The molecule has 0 saturated heterocycles. The number of aliphatic imine (C=N–C) groups is 1. The Morgan fingerprint density at radius 1 is 1.29 bits per heavy atom. The Morgan fingerprint density at radius 3 is 2.50 bits per heavy atom. The molecule has 0 aliphatic heterocycles. The van der Waals surface area contributed by atoms with E-state index in [9.17, 15) is 10.1 Å².